The van der Waals surface area contributed by atoms with Crippen molar-refractivity contribution in [2.45, 2.75) is 12.6 Å². The number of carbonyl (C=O) groups excluding carboxylic acids is 2. The van der Waals surface area contributed by atoms with Crippen molar-refractivity contribution in [2.75, 3.05) is 19.7 Å². The van der Waals surface area contributed by atoms with Crippen molar-refractivity contribution in [1.29, 1.82) is 0 Å². The van der Waals surface area contributed by atoms with E-state index in [-0.39, 0.29) is 30.3 Å². The highest BCUT2D eigenvalue weighted by Gasteiger charge is 2.26. The van der Waals surface area contributed by atoms with Crippen LogP contribution in [0, 0.1) is 0 Å². The summed E-state index contributed by atoms with van der Waals surface area (Å²) in [4.78, 5) is 33.5. The molecule has 7 nitrogen and oxygen atoms in total. The molecule has 1 aliphatic rings. The summed E-state index contributed by atoms with van der Waals surface area (Å²) in [5.41, 5.74) is 1.06. The Morgan fingerprint density at radius 3 is 2.71 bits per heavy atom. The number of amides is 2. The van der Waals surface area contributed by atoms with Crippen LogP contribution in [-0.2, 0) is 16.1 Å². The first-order valence-corrected chi connectivity index (χ1v) is 7.71. The van der Waals surface area contributed by atoms with Gasteiger partial charge in [0.15, 0.2) is 0 Å². The van der Waals surface area contributed by atoms with Crippen LogP contribution in [0.15, 0.2) is 48.8 Å². The maximum atomic E-state index is 12.0. The second kappa shape index (κ2) is 7.65. The van der Waals surface area contributed by atoms with E-state index in [4.69, 9.17) is 4.74 Å². The van der Waals surface area contributed by atoms with Gasteiger partial charge in [0, 0.05) is 32.0 Å². The van der Waals surface area contributed by atoms with Gasteiger partial charge in [0.2, 0.25) is 11.7 Å². The van der Waals surface area contributed by atoms with Crippen LogP contribution in [0.2, 0.25) is 0 Å². The van der Waals surface area contributed by atoms with Crippen molar-refractivity contribution >= 4 is 11.8 Å². The Labute approximate surface area is 139 Å². The first-order valence-electron chi connectivity index (χ1n) is 7.71. The summed E-state index contributed by atoms with van der Waals surface area (Å²) < 4.78 is 5.50. The number of morpholine rings is 1. The number of aromatic nitrogens is 2. The summed E-state index contributed by atoms with van der Waals surface area (Å²) in [6.07, 6.45) is 2.78. The molecule has 1 aliphatic heterocycles. The molecule has 0 saturated carbocycles. The fourth-order valence-corrected chi connectivity index (χ4v) is 2.46. The van der Waals surface area contributed by atoms with Gasteiger partial charge in [0.05, 0.1) is 6.10 Å². The van der Waals surface area contributed by atoms with E-state index >= 15 is 0 Å². The maximum Gasteiger partial charge on any atom is 0.289 e. The van der Waals surface area contributed by atoms with E-state index in [9.17, 15) is 9.59 Å². The summed E-state index contributed by atoms with van der Waals surface area (Å²) in [7, 11) is 0. The van der Waals surface area contributed by atoms with Crippen LogP contribution < -0.4 is 5.32 Å². The Hall–Kier alpha value is -2.80. The Bertz CT molecular complexity index is 693. The summed E-state index contributed by atoms with van der Waals surface area (Å²) in [6.45, 7) is 1.30. The lowest BCUT2D eigenvalue weighted by atomic mass is 10.2. The molecule has 1 atom stereocenters. The van der Waals surface area contributed by atoms with Gasteiger partial charge in [-0.3, -0.25) is 9.59 Å². The molecule has 1 aromatic heterocycles. The highest BCUT2D eigenvalue weighted by molar-refractivity contribution is 5.90. The minimum atomic E-state index is -0.356. The van der Waals surface area contributed by atoms with Crippen LogP contribution in [-0.4, -0.2) is 52.5 Å². The van der Waals surface area contributed by atoms with E-state index < -0.39 is 0 Å². The highest BCUT2D eigenvalue weighted by atomic mass is 16.5. The molecule has 2 amide bonds. The average Bonchev–Trinajstić information content (AvgIpc) is 2.63. The number of benzene rings is 1. The molecule has 1 aromatic carbocycles. The number of hydrogen-bond donors (Lipinski definition) is 1. The van der Waals surface area contributed by atoms with Crippen molar-refractivity contribution in [2.24, 2.45) is 0 Å². The van der Waals surface area contributed by atoms with E-state index in [1.807, 2.05) is 30.3 Å². The van der Waals surface area contributed by atoms with Gasteiger partial charge >= 0.3 is 0 Å². The summed E-state index contributed by atoms with van der Waals surface area (Å²) in [5.74, 6) is -0.288. The monoisotopic (exact) mass is 326 g/mol. The molecule has 0 radical (unpaired) electrons. The molecule has 0 bridgehead atoms. The summed E-state index contributed by atoms with van der Waals surface area (Å²) in [6, 6.07) is 11.4. The molecular weight excluding hydrogens is 308 g/mol. The Morgan fingerprint density at radius 1 is 1.21 bits per heavy atom. The molecule has 24 heavy (non-hydrogen) atoms. The zero-order valence-electron chi connectivity index (χ0n) is 13.1. The van der Waals surface area contributed by atoms with Gasteiger partial charge in [-0.25, -0.2) is 9.97 Å². The number of hydrogen-bond acceptors (Lipinski definition) is 5. The van der Waals surface area contributed by atoms with Gasteiger partial charge in [-0.05, 0) is 11.6 Å². The number of rotatable bonds is 5. The second-order valence-corrected chi connectivity index (χ2v) is 5.48. The Kier molecular flexibility index (Phi) is 5.12. The second-order valence-electron chi connectivity index (χ2n) is 5.48. The first kappa shape index (κ1) is 16.1. The third kappa shape index (κ3) is 4.14. The van der Waals surface area contributed by atoms with Crippen molar-refractivity contribution in [1.82, 2.24) is 20.2 Å². The van der Waals surface area contributed by atoms with Gasteiger partial charge in [-0.1, -0.05) is 30.3 Å². The molecule has 1 N–H and O–H groups in total. The van der Waals surface area contributed by atoms with E-state index in [1.165, 1.54) is 12.4 Å². The first-order chi connectivity index (χ1) is 11.7. The zero-order chi connectivity index (χ0) is 16.8. The lowest BCUT2D eigenvalue weighted by Crippen LogP contribution is -2.50. The van der Waals surface area contributed by atoms with Crippen LogP contribution in [0.1, 0.15) is 16.2 Å². The van der Waals surface area contributed by atoms with Gasteiger partial charge in [0.1, 0.15) is 6.61 Å². The lowest BCUT2D eigenvalue weighted by Gasteiger charge is -2.32. The fourth-order valence-electron chi connectivity index (χ4n) is 2.46. The standard InChI is InChI=1S/C17H18N4O3/c22-15-12-24-14(9-20-17(23)16-18-7-4-8-19-16)11-21(15)10-13-5-2-1-3-6-13/h1-8,14H,9-12H2,(H,20,23). The van der Waals surface area contributed by atoms with Crippen molar-refractivity contribution in [3.05, 3.63) is 60.2 Å². The van der Waals surface area contributed by atoms with E-state index in [0.29, 0.717) is 19.6 Å². The topological polar surface area (TPSA) is 84.4 Å². The number of carbonyl (C=O) groups is 2. The van der Waals surface area contributed by atoms with Crippen molar-refractivity contribution in [3.8, 4) is 0 Å². The highest BCUT2D eigenvalue weighted by Crippen LogP contribution is 2.11. The number of ether oxygens (including phenoxy) is 1. The molecule has 0 spiro atoms. The van der Waals surface area contributed by atoms with Gasteiger partial charge in [-0.15, -0.1) is 0 Å². The average molecular weight is 326 g/mol. The maximum absolute atomic E-state index is 12.0. The predicted molar refractivity (Wildman–Crippen MR) is 86.0 cm³/mol. The van der Waals surface area contributed by atoms with E-state index in [0.717, 1.165) is 5.56 Å². The molecule has 1 unspecified atom stereocenters. The molecular formula is C17H18N4O3. The van der Waals surface area contributed by atoms with E-state index in [2.05, 4.69) is 15.3 Å². The quantitative estimate of drug-likeness (QED) is 0.871. The van der Waals surface area contributed by atoms with Gasteiger partial charge in [0.25, 0.3) is 5.91 Å². The molecule has 1 saturated heterocycles. The van der Waals surface area contributed by atoms with Crippen LogP contribution in [0.25, 0.3) is 0 Å². The third-order valence-corrected chi connectivity index (χ3v) is 3.69. The van der Waals surface area contributed by atoms with Gasteiger partial charge in [-0.2, -0.15) is 0 Å². The SMILES string of the molecule is O=C(NCC1CN(Cc2ccccc2)C(=O)CO1)c1ncccn1. The molecule has 0 aliphatic carbocycles. The zero-order valence-corrected chi connectivity index (χ0v) is 13.1. The van der Waals surface area contributed by atoms with Crippen molar-refractivity contribution < 1.29 is 14.3 Å². The van der Waals surface area contributed by atoms with Crippen LogP contribution in [0.4, 0.5) is 0 Å². The number of nitrogens with zero attached hydrogens (tertiary/aromatic N) is 3. The van der Waals surface area contributed by atoms with Crippen molar-refractivity contribution in [3.63, 3.8) is 0 Å². The molecule has 7 heteroatoms. The normalized spacial score (nSPS) is 17.6. The Morgan fingerprint density at radius 2 is 1.96 bits per heavy atom. The van der Waals surface area contributed by atoms with Crippen LogP contribution >= 0.6 is 0 Å². The molecule has 1 fully saturated rings. The van der Waals surface area contributed by atoms with Crippen LogP contribution in [0.5, 0.6) is 0 Å². The molecule has 3 rings (SSSR count). The predicted octanol–water partition coefficient (Wildman–Crippen LogP) is 0.634. The van der Waals surface area contributed by atoms with Gasteiger partial charge < -0.3 is 15.0 Å². The largest absolute Gasteiger partial charge is 0.365 e. The van der Waals surface area contributed by atoms with E-state index in [1.54, 1.807) is 11.0 Å². The minimum absolute atomic E-state index is 0.0230. The third-order valence-electron chi connectivity index (χ3n) is 3.69. The number of nitrogens with one attached hydrogen (secondary N) is 1. The lowest BCUT2D eigenvalue weighted by molar-refractivity contribution is -0.149. The Balaban J connectivity index is 1.53. The fraction of sp³-hybridized carbons (Fsp3) is 0.294. The smallest absolute Gasteiger partial charge is 0.289 e. The van der Waals surface area contributed by atoms with Crippen LogP contribution in [0.3, 0.4) is 0 Å². The molecule has 2 heterocycles. The molecule has 124 valence electrons. The summed E-state index contributed by atoms with van der Waals surface area (Å²) in [5, 5.41) is 2.74. The minimum Gasteiger partial charge on any atom is -0.365 e. The molecule has 2 aromatic rings. The summed E-state index contributed by atoms with van der Waals surface area (Å²) >= 11 is 0.